The predicted molar refractivity (Wildman–Crippen MR) is 85.3 cm³/mol. The van der Waals surface area contributed by atoms with E-state index in [2.05, 4.69) is 36.8 Å². The van der Waals surface area contributed by atoms with Crippen LogP contribution in [0, 0.1) is 6.92 Å². The summed E-state index contributed by atoms with van der Waals surface area (Å²) in [6, 6.07) is 3.28. The van der Waals surface area contributed by atoms with Crippen LogP contribution in [0.1, 0.15) is 5.56 Å². The predicted octanol–water partition coefficient (Wildman–Crippen LogP) is 5.60. The van der Waals surface area contributed by atoms with Gasteiger partial charge in [-0.1, -0.05) is 23.2 Å². The summed E-state index contributed by atoms with van der Waals surface area (Å²) in [5.41, 5.74) is 7.19. The molecule has 19 heavy (non-hydrogen) atoms. The highest BCUT2D eigenvalue weighted by atomic mass is 79.9. The Bertz CT molecular complexity index is 650. The minimum Gasteiger partial charge on any atom is -0.436 e. The third-order valence-electron chi connectivity index (χ3n) is 2.45. The van der Waals surface area contributed by atoms with Crippen LogP contribution in [0.5, 0.6) is 11.6 Å². The van der Waals surface area contributed by atoms with E-state index >= 15 is 0 Å². The van der Waals surface area contributed by atoms with Crippen molar-refractivity contribution < 1.29 is 4.74 Å². The zero-order chi connectivity index (χ0) is 14.2. The number of nitrogens with two attached hydrogens (primary N) is 1. The molecule has 100 valence electrons. The highest BCUT2D eigenvalue weighted by Crippen LogP contribution is 2.39. The lowest BCUT2D eigenvalue weighted by Gasteiger charge is -2.11. The van der Waals surface area contributed by atoms with Crippen molar-refractivity contribution in [1.82, 2.24) is 4.98 Å². The highest BCUT2D eigenvalue weighted by Gasteiger charge is 2.13. The van der Waals surface area contributed by atoms with E-state index in [1.165, 1.54) is 6.20 Å². The molecule has 0 radical (unpaired) electrons. The van der Waals surface area contributed by atoms with Crippen LogP contribution in [0.4, 0.5) is 5.69 Å². The van der Waals surface area contributed by atoms with Gasteiger partial charge < -0.3 is 10.5 Å². The van der Waals surface area contributed by atoms with Crippen LogP contribution in [0.15, 0.2) is 27.3 Å². The van der Waals surface area contributed by atoms with E-state index in [1.807, 2.05) is 6.92 Å². The monoisotopic (exact) mass is 424 g/mol. The molecule has 0 aliphatic heterocycles. The van der Waals surface area contributed by atoms with E-state index < -0.39 is 0 Å². The summed E-state index contributed by atoms with van der Waals surface area (Å²) in [7, 11) is 0. The fraction of sp³-hybridized carbons (Fsp3) is 0.0833. The number of pyridine rings is 1. The highest BCUT2D eigenvalue weighted by molar-refractivity contribution is 9.11. The van der Waals surface area contributed by atoms with E-state index in [4.69, 9.17) is 33.7 Å². The summed E-state index contributed by atoms with van der Waals surface area (Å²) in [4.78, 5) is 4.12. The molecule has 0 spiro atoms. The Labute approximate surface area is 137 Å². The van der Waals surface area contributed by atoms with Gasteiger partial charge in [-0.05, 0) is 50.4 Å². The van der Waals surface area contributed by atoms with Gasteiger partial charge in [0.1, 0.15) is 5.75 Å². The lowest BCUT2D eigenvalue weighted by Crippen LogP contribution is -1.96. The summed E-state index contributed by atoms with van der Waals surface area (Å²) in [5.74, 6) is 0.805. The standard InChI is InChI=1S/C12H8Br2Cl2N2O/c1-5-9(17)4-18-12(11(5)14)19-10-3-7(15)6(13)2-8(10)16/h2-4H,17H2,1H3. The molecule has 1 aromatic carbocycles. The van der Waals surface area contributed by atoms with Crippen molar-refractivity contribution in [1.29, 1.82) is 0 Å². The SMILES string of the molecule is Cc1c(N)cnc(Oc2cc(Cl)c(Br)cc2Cl)c1Br. The first-order valence-corrected chi connectivity index (χ1v) is 7.47. The first-order valence-electron chi connectivity index (χ1n) is 5.13. The number of aromatic nitrogens is 1. The number of halogens is 4. The van der Waals surface area contributed by atoms with Crippen LogP contribution in [0.25, 0.3) is 0 Å². The molecular weight excluding hydrogens is 419 g/mol. The van der Waals surface area contributed by atoms with E-state index in [0.29, 0.717) is 36.3 Å². The fourth-order valence-corrected chi connectivity index (χ4v) is 2.57. The van der Waals surface area contributed by atoms with Crippen molar-refractivity contribution in [2.75, 3.05) is 5.73 Å². The summed E-state index contributed by atoms with van der Waals surface area (Å²) in [6.45, 7) is 1.87. The van der Waals surface area contributed by atoms with E-state index in [-0.39, 0.29) is 0 Å². The normalized spacial score (nSPS) is 10.6. The molecule has 1 heterocycles. The molecule has 3 nitrogen and oxygen atoms in total. The summed E-state index contributed by atoms with van der Waals surface area (Å²) < 4.78 is 7.04. The first-order chi connectivity index (χ1) is 8.90. The Morgan fingerprint density at radius 3 is 2.58 bits per heavy atom. The van der Waals surface area contributed by atoms with Crippen molar-refractivity contribution in [3.8, 4) is 11.6 Å². The van der Waals surface area contributed by atoms with Crippen LogP contribution in [0.2, 0.25) is 10.0 Å². The number of benzene rings is 1. The number of nitrogens with zero attached hydrogens (tertiary/aromatic N) is 1. The van der Waals surface area contributed by atoms with Crippen molar-refractivity contribution in [3.05, 3.63) is 42.9 Å². The van der Waals surface area contributed by atoms with Gasteiger partial charge in [0.25, 0.3) is 0 Å². The second kappa shape index (κ2) is 5.87. The van der Waals surface area contributed by atoms with Crippen LogP contribution < -0.4 is 10.5 Å². The molecule has 7 heteroatoms. The van der Waals surface area contributed by atoms with Crippen molar-refractivity contribution in [3.63, 3.8) is 0 Å². The molecule has 2 N–H and O–H groups in total. The van der Waals surface area contributed by atoms with E-state index in [1.54, 1.807) is 12.1 Å². The molecule has 0 fully saturated rings. The lowest BCUT2D eigenvalue weighted by molar-refractivity contribution is 0.459. The summed E-state index contributed by atoms with van der Waals surface area (Å²) >= 11 is 18.8. The fourth-order valence-electron chi connectivity index (χ4n) is 1.33. The molecule has 0 saturated heterocycles. The van der Waals surface area contributed by atoms with Gasteiger partial charge in [0.05, 0.1) is 26.4 Å². The summed E-state index contributed by atoms with van der Waals surface area (Å²) in [6.07, 6.45) is 1.53. The van der Waals surface area contributed by atoms with Crippen LogP contribution in [-0.4, -0.2) is 4.98 Å². The third-order valence-corrected chi connectivity index (χ3v) is 4.88. The Kier molecular flexibility index (Phi) is 4.61. The van der Waals surface area contributed by atoms with Crippen LogP contribution in [-0.2, 0) is 0 Å². The average Bonchev–Trinajstić information content (AvgIpc) is 2.36. The maximum atomic E-state index is 6.09. The number of hydrogen-bond donors (Lipinski definition) is 1. The topological polar surface area (TPSA) is 48.1 Å². The Morgan fingerprint density at radius 2 is 1.89 bits per heavy atom. The molecule has 1 aromatic heterocycles. The van der Waals surface area contributed by atoms with E-state index in [9.17, 15) is 0 Å². The smallest absolute Gasteiger partial charge is 0.234 e. The van der Waals surface area contributed by atoms with Gasteiger partial charge in [0.2, 0.25) is 5.88 Å². The number of hydrogen-bond acceptors (Lipinski definition) is 3. The van der Waals surface area contributed by atoms with Crippen LogP contribution >= 0.6 is 55.1 Å². The largest absolute Gasteiger partial charge is 0.436 e. The van der Waals surface area contributed by atoms with Gasteiger partial charge in [-0.3, -0.25) is 0 Å². The Hall–Kier alpha value is -0.490. The molecule has 0 aliphatic carbocycles. The number of anilines is 1. The molecule has 2 aromatic rings. The van der Waals surface area contributed by atoms with Gasteiger partial charge in [0, 0.05) is 10.5 Å². The van der Waals surface area contributed by atoms with Gasteiger partial charge in [-0.15, -0.1) is 0 Å². The minimum atomic E-state index is 0.381. The maximum Gasteiger partial charge on any atom is 0.234 e. The summed E-state index contributed by atoms with van der Waals surface area (Å²) in [5, 5.41) is 0.933. The number of nitrogen functional groups attached to an aromatic ring is 1. The van der Waals surface area contributed by atoms with Crippen molar-refractivity contribution in [2.45, 2.75) is 6.92 Å². The second-order valence-corrected chi connectivity index (χ2v) is 6.22. The molecule has 0 unspecified atom stereocenters. The van der Waals surface area contributed by atoms with Crippen molar-refractivity contribution in [2.24, 2.45) is 0 Å². The zero-order valence-corrected chi connectivity index (χ0v) is 14.4. The van der Waals surface area contributed by atoms with Crippen molar-refractivity contribution >= 4 is 60.7 Å². The third kappa shape index (κ3) is 3.16. The van der Waals surface area contributed by atoms with E-state index in [0.717, 1.165) is 5.56 Å². The number of rotatable bonds is 2. The minimum absolute atomic E-state index is 0.381. The lowest BCUT2D eigenvalue weighted by atomic mass is 10.2. The molecule has 0 bridgehead atoms. The second-order valence-electron chi connectivity index (χ2n) is 3.76. The number of ether oxygens (including phenoxy) is 1. The zero-order valence-electron chi connectivity index (χ0n) is 9.68. The molecule has 0 aliphatic rings. The Morgan fingerprint density at radius 1 is 1.21 bits per heavy atom. The Balaban J connectivity index is 2.42. The molecule has 0 amide bonds. The molecule has 0 saturated carbocycles. The van der Waals surface area contributed by atoms with Crippen LogP contribution in [0.3, 0.4) is 0 Å². The van der Waals surface area contributed by atoms with Gasteiger partial charge >= 0.3 is 0 Å². The molecule has 0 atom stereocenters. The quantitative estimate of drug-likeness (QED) is 0.636. The first kappa shape index (κ1) is 14.9. The van der Waals surface area contributed by atoms with Gasteiger partial charge in [0.15, 0.2) is 0 Å². The molecular formula is C12H8Br2Cl2N2O. The maximum absolute atomic E-state index is 6.09. The molecule has 2 rings (SSSR count). The van der Waals surface area contributed by atoms with Gasteiger partial charge in [-0.25, -0.2) is 4.98 Å². The average molecular weight is 427 g/mol. The van der Waals surface area contributed by atoms with Gasteiger partial charge in [-0.2, -0.15) is 0 Å².